The molecule has 8 nitrogen and oxygen atoms in total. The molecular formula is C18H11N3O5. The Labute approximate surface area is 146 Å². The van der Waals surface area contributed by atoms with Crippen molar-refractivity contribution in [1.29, 1.82) is 0 Å². The van der Waals surface area contributed by atoms with Crippen LogP contribution in [0.2, 0.25) is 0 Å². The molecule has 0 aliphatic carbocycles. The van der Waals surface area contributed by atoms with Gasteiger partial charge in [0.25, 0.3) is 17.4 Å². The van der Waals surface area contributed by atoms with Crippen molar-refractivity contribution < 1.29 is 19.2 Å². The molecule has 3 aromatic rings. The number of fused-ring (bicyclic) bond motifs is 2. The summed E-state index contributed by atoms with van der Waals surface area (Å²) < 4.78 is 1.00. The Bertz CT molecular complexity index is 1130. The molecule has 1 aliphatic heterocycles. The molecule has 0 atom stereocenters. The molecular weight excluding hydrogens is 338 g/mol. The number of aryl methyl sites for hydroxylation is 1. The van der Waals surface area contributed by atoms with Crippen molar-refractivity contribution in [2.24, 2.45) is 7.05 Å². The van der Waals surface area contributed by atoms with Gasteiger partial charge in [0, 0.05) is 12.4 Å². The fourth-order valence-corrected chi connectivity index (χ4v) is 2.83. The first-order valence-electron chi connectivity index (χ1n) is 7.65. The number of amides is 2. The monoisotopic (exact) mass is 349 g/mol. The highest BCUT2D eigenvalue weighted by molar-refractivity contribution is 6.21. The van der Waals surface area contributed by atoms with Crippen molar-refractivity contribution in [3.63, 3.8) is 0 Å². The predicted octanol–water partition coefficient (Wildman–Crippen LogP) is 1.30. The molecule has 8 heteroatoms. The number of nitrogens with zero attached hydrogens (tertiary/aromatic N) is 3. The molecule has 0 unspecified atom stereocenters. The number of benzene rings is 2. The van der Waals surface area contributed by atoms with Crippen LogP contribution in [0, 0.1) is 0 Å². The van der Waals surface area contributed by atoms with Crippen molar-refractivity contribution in [2.75, 3.05) is 0 Å². The van der Waals surface area contributed by atoms with E-state index in [1.807, 2.05) is 0 Å². The number of imide groups is 1. The minimum atomic E-state index is -1.01. The van der Waals surface area contributed by atoms with Crippen LogP contribution in [0.4, 0.5) is 0 Å². The van der Waals surface area contributed by atoms with E-state index >= 15 is 0 Å². The summed E-state index contributed by atoms with van der Waals surface area (Å²) in [5.41, 5.74) is -0.232. The maximum Gasteiger partial charge on any atom is 0.384 e. The van der Waals surface area contributed by atoms with E-state index in [1.165, 1.54) is 19.2 Å². The highest BCUT2D eigenvalue weighted by Gasteiger charge is 2.39. The second-order valence-corrected chi connectivity index (χ2v) is 5.65. The van der Waals surface area contributed by atoms with Crippen molar-refractivity contribution in [3.05, 3.63) is 75.7 Å². The molecule has 0 N–H and O–H groups in total. The number of rotatable bonds is 2. The Morgan fingerprint density at radius 1 is 0.885 bits per heavy atom. The average Bonchev–Trinajstić information content (AvgIpc) is 2.90. The van der Waals surface area contributed by atoms with Crippen LogP contribution in [-0.4, -0.2) is 32.6 Å². The number of hydrogen-bond acceptors (Lipinski definition) is 6. The van der Waals surface area contributed by atoms with E-state index in [-0.39, 0.29) is 33.2 Å². The molecule has 0 spiro atoms. The van der Waals surface area contributed by atoms with E-state index in [4.69, 9.17) is 4.84 Å². The largest absolute Gasteiger partial charge is 0.384 e. The second kappa shape index (κ2) is 5.62. The summed E-state index contributed by atoms with van der Waals surface area (Å²) in [5.74, 6) is -2.47. The standard InChI is InChI=1S/C18H11N3O5/c1-20-15(22)11-7-3-2-6-10(11)14(19-20)18(25)26-21-16(23)12-8-4-5-9-13(12)17(21)24/h2-9H,1H3. The van der Waals surface area contributed by atoms with Crippen LogP contribution in [0.1, 0.15) is 31.2 Å². The summed E-state index contributed by atoms with van der Waals surface area (Å²) in [5, 5.41) is 4.89. The van der Waals surface area contributed by atoms with Crippen LogP contribution < -0.4 is 5.56 Å². The van der Waals surface area contributed by atoms with E-state index in [0.29, 0.717) is 5.06 Å². The Kier molecular flexibility index (Phi) is 3.40. The first-order chi connectivity index (χ1) is 12.5. The van der Waals surface area contributed by atoms with Crippen LogP contribution >= 0.6 is 0 Å². The van der Waals surface area contributed by atoms with Gasteiger partial charge in [0.15, 0.2) is 5.69 Å². The lowest BCUT2D eigenvalue weighted by molar-refractivity contribution is -0.0588. The molecule has 26 heavy (non-hydrogen) atoms. The molecule has 2 aromatic carbocycles. The van der Waals surface area contributed by atoms with Gasteiger partial charge in [-0.05, 0) is 18.2 Å². The molecule has 1 aliphatic rings. The second-order valence-electron chi connectivity index (χ2n) is 5.65. The molecule has 1 aromatic heterocycles. The van der Waals surface area contributed by atoms with Crippen molar-refractivity contribution in [3.8, 4) is 0 Å². The van der Waals surface area contributed by atoms with E-state index < -0.39 is 17.8 Å². The topological polar surface area (TPSA) is 98.6 Å². The Hall–Kier alpha value is -3.81. The zero-order valence-electron chi connectivity index (χ0n) is 13.5. The lowest BCUT2D eigenvalue weighted by Gasteiger charge is -2.13. The van der Waals surface area contributed by atoms with Crippen LogP contribution in [0.5, 0.6) is 0 Å². The van der Waals surface area contributed by atoms with Gasteiger partial charge in [0.05, 0.1) is 16.5 Å². The van der Waals surface area contributed by atoms with Crippen LogP contribution in [-0.2, 0) is 11.9 Å². The SMILES string of the molecule is Cn1nc(C(=O)ON2C(=O)c3ccccc3C2=O)c2ccccc2c1=O. The minimum Gasteiger partial charge on any atom is -0.322 e. The van der Waals surface area contributed by atoms with E-state index in [0.717, 1.165) is 4.68 Å². The Morgan fingerprint density at radius 3 is 2.04 bits per heavy atom. The first-order valence-corrected chi connectivity index (χ1v) is 7.65. The summed E-state index contributed by atoms with van der Waals surface area (Å²) in [6.45, 7) is 0. The predicted molar refractivity (Wildman–Crippen MR) is 89.3 cm³/mol. The molecule has 2 amide bonds. The number of carbonyl (C=O) groups is 3. The quantitative estimate of drug-likeness (QED) is 0.647. The maximum atomic E-state index is 12.6. The van der Waals surface area contributed by atoms with Gasteiger partial charge < -0.3 is 4.84 Å². The summed E-state index contributed by atoms with van der Waals surface area (Å²) in [6.07, 6.45) is 0. The smallest absolute Gasteiger partial charge is 0.322 e. The molecule has 128 valence electrons. The zero-order chi connectivity index (χ0) is 18.4. The molecule has 0 radical (unpaired) electrons. The van der Waals surface area contributed by atoms with Gasteiger partial charge in [-0.25, -0.2) is 9.48 Å². The van der Waals surface area contributed by atoms with E-state index in [1.54, 1.807) is 36.4 Å². The zero-order valence-corrected chi connectivity index (χ0v) is 13.5. The van der Waals surface area contributed by atoms with Gasteiger partial charge in [0.1, 0.15) is 0 Å². The molecule has 0 saturated carbocycles. The summed E-state index contributed by atoms with van der Waals surface area (Å²) in [4.78, 5) is 54.4. The number of hydroxylamine groups is 2. The molecule has 0 bridgehead atoms. The van der Waals surface area contributed by atoms with Crippen LogP contribution in [0.15, 0.2) is 53.3 Å². The number of hydrogen-bond donors (Lipinski definition) is 0. The fraction of sp³-hybridized carbons (Fsp3) is 0.0556. The van der Waals surface area contributed by atoms with Crippen LogP contribution in [0.25, 0.3) is 10.8 Å². The summed E-state index contributed by atoms with van der Waals surface area (Å²) in [7, 11) is 1.40. The average molecular weight is 349 g/mol. The van der Waals surface area contributed by atoms with Gasteiger partial charge in [-0.1, -0.05) is 35.4 Å². The fourth-order valence-electron chi connectivity index (χ4n) is 2.83. The van der Waals surface area contributed by atoms with Crippen molar-refractivity contribution in [1.82, 2.24) is 14.8 Å². The Morgan fingerprint density at radius 2 is 1.42 bits per heavy atom. The maximum absolute atomic E-state index is 12.6. The van der Waals surface area contributed by atoms with Gasteiger partial charge in [-0.2, -0.15) is 5.10 Å². The molecule has 0 fully saturated rings. The summed E-state index contributed by atoms with van der Waals surface area (Å²) >= 11 is 0. The Balaban J connectivity index is 1.74. The normalized spacial score (nSPS) is 13.2. The molecule has 4 rings (SSSR count). The van der Waals surface area contributed by atoms with Gasteiger partial charge in [-0.3, -0.25) is 14.4 Å². The highest BCUT2D eigenvalue weighted by atomic mass is 16.7. The van der Waals surface area contributed by atoms with Gasteiger partial charge >= 0.3 is 5.97 Å². The van der Waals surface area contributed by atoms with Crippen molar-refractivity contribution >= 4 is 28.6 Å². The van der Waals surface area contributed by atoms with Crippen molar-refractivity contribution in [2.45, 2.75) is 0 Å². The lowest BCUT2D eigenvalue weighted by Crippen LogP contribution is -2.34. The van der Waals surface area contributed by atoms with Crippen LogP contribution in [0.3, 0.4) is 0 Å². The minimum absolute atomic E-state index is 0.156. The molecule has 0 saturated heterocycles. The highest BCUT2D eigenvalue weighted by Crippen LogP contribution is 2.24. The first kappa shape index (κ1) is 15.7. The van der Waals surface area contributed by atoms with E-state index in [2.05, 4.69) is 5.10 Å². The third-order valence-electron chi connectivity index (χ3n) is 4.08. The third kappa shape index (κ3) is 2.20. The number of carbonyl (C=O) groups excluding carboxylic acids is 3. The summed E-state index contributed by atoms with van der Waals surface area (Å²) in [6, 6.07) is 12.6. The third-order valence-corrected chi connectivity index (χ3v) is 4.08. The van der Waals surface area contributed by atoms with Gasteiger partial charge in [0.2, 0.25) is 0 Å². The number of aromatic nitrogens is 2. The molecule has 2 heterocycles. The van der Waals surface area contributed by atoms with E-state index in [9.17, 15) is 19.2 Å². The van der Waals surface area contributed by atoms with Gasteiger partial charge in [-0.15, -0.1) is 0 Å². The lowest BCUT2D eigenvalue weighted by atomic mass is 10.1.